The summed E-state index contributed by atoms with van der Waals surface area (Å²) in [6.07, 6.45) is 4.69. The van der Waals surface area contributed by atoms with Gasteiger partial charge in [0.1, 0.15) is 5.82 Å². The zero-order valence-corrected chi connectivity index (χ0v) is 14.3. The van der Waals surface area contributed by atoms with E-state index in [1.165, 1.54) is 0 Å². The maximum absolute atomic E-state index is 6.35. The van der Waals surface area contributed by atoms with Gasteiger partial charge < -0.3 is 11.1 Å². The fourth-order valence-electron chi connectivity index (χ4n) is 2.28. The highest BCUT2D eigenvalue weighted by molar-refractivity contribution is 7.18. The molecular weight excluding hydrogens is 328 g/mol. The molecule has 4 nitrogen and oxygen atoms in total. The third kappa shape index (κ3) is 3.46. The fourth-order valence-corrected chi connectivity index (χ4v) is 3.39. The van der Waals surface area contributed by atoms with Crippen molar-refractivity contribution in [3.8, 4) is 21.6 Å². The zero-order chi connectivity index (χ0) is 16.2. The van der Waals surface area contributed by atoms with Gasteiger partial charge in [-0.25, -0.2) is 9.97 Å². The molecule has 3 rings (SSSR count). The summed E-state index contributed by atoms with van der Waals surface area (Å²) in [6, 6.07) is 9.60. The number of nitrogens with zero attached hydrogens (tertiary/aromatic N) is 2. The molecular formula is C17H17ClN4S. The molecule has 0 fully saturated rings. The number of aromatic nitrogens is 2. The molecule has 0 saturated heterocycles. The van der Waals surface area contributed by atoms with Crippen molar-refractivity contribution in [1.29, 1.82) is 0 Å². The molecule has 0 spiro atoms. The van der Waals surface area contributed by atoms with E-state index in [9.17, 15) is 0 Å². The van der Waals surface area contributed by atoms with E-state index in [1.54, 1.807) is 17.5 Å². The van der Waals surface area contributed by atoms with Gasteiger partial charge in [0.25, 0.3) is 0 Å². The third-order valence-electron chi connectivity index (χ3n) is 3.39. The third-order valence-corrected chi connectivity index (χ3v) is 4.70. The first-order valence-corrected chi connectivity index (χ1v) is 8.59. The predicted molar refractivity (Wildman–Crippen MR) is 99.0 cm³/mol. The minimum Gasteiger partial charge on any atom is -0.384 e. The highest BCUT2D eigenvalue weighted by atomic mass is 35.5. The summed E-state index contributed by atoms with van der Waals surface area (Å²) in [7, 11) is 0. The molecule has 0 unspecified atom stereocenters. The Morgan fingerprint density at radius 1 is 1.13 bits per heavy atom. The highest BCUT2D eigenvalue weighted by Crippen LogP contribution is 2.39. The van der Waals surface area contributed by atoms with Crippen LogP contribution in [0.3, 0.4) is 0 Å². The number of rotatable bonds is 5. The first kappa shape index (κ1) is 15.8. The summed E-state index contributed by atoms with van der Waals surface area (Å²) in [5.41, 5.74) is 8.78. The van der Waals surface area contributed by atoms with E-state index in [-0.39, 0.29) is 0 Å². The van der Waals surface area contributed by atoms with Crippen LogP contribution in [-0.2, 0) is 0 Å². The number of nitrogens with two attached hydrogens (primary N) is 1. The quantitative estimate of drug-likeness (QED) is 0.688. The maximum atomic E-state index is 6.35. The summed E-state index contributed by atoms with van der Waals surface area (Å²) in [5, 5.41) is 4.90. The number of thiazole rings is 1. The van der Waals surface area contributed by atoms with Crippen molar-refractivity contribution < 1.29 is 0 Å². The van der Waals surface area contributed by atoms with E-state index in [1.807, 2.05) is 36.5 Å². The lowest BCUT2D eigenvalue weighted by Crippen LogP contribution is -1.97. The molecule has 0 aliphatic rings. The van der Waals surface area contributed by atoms with Crippen molar-refractivity contribution in [3.05, 3.63) is 47.7 Å². The normalized spacial score (nSPS) is 10.7. The first-order valence-electron chi connectivity index (χ1n) is 7.39. The van der Waals surface area contributed by atoms with E-state index in [4.69, 9.17) is 17.3 Å². The van der Waals surface area contributed by atoms with Crippen LogP contribution in [0.4, 0.5) is 10.9 Å². The molecule has 23 heavy (non-hydrogen) atoms. The Morgan fingerprint density at radius 2 is 1.96 bits per heavy atom. The summed E-state index contributed by atoms with van der Waals surface area (Å²) in [6.45, 7) is 3.03. The summed E-state index contributed by atoms with van der Waals surface area (Å²) in [5.74, 6) is 0.479. The Morgan fingerprint density at radius 3 is 2.74 bits per heavy atom. The van der Waals surface area contributed by atoms with Crippen LogP contribution in [0.25, 0.3) is 21.6 Å². The minimum atomic E-state index is 0.479. The molecule has 0 atom stereocenters. The van der Waals surface area contributed by atoms with Crippen LogP contribution in [-0.4, -0.2) is 16.5 Å². The SMILES string of the molecule is CCCNc1ncc(-c2cc(N)ncc2-c2ccccc2Cl)s1. The molecule has 0 saturated carbocycles. The van der Waals surface area contributed by atoms with Gasteiger partial charge in [0.05, 0.1) is 4.88 Å². The molecule has 1 aromatic carbocycles. The molecule has 3 aromatic rings. The van der Waals surface area contributed by atoms with Crippen molar-refractivity contribution in [2.24, 2.45) is 0 Å². The van der Waals surface area contributed by atoms with Gasteiger partial charge in [0.2, 0.25) is 0 Å². The van der Waals surface area contributed by atoms with Gasteiger partial charge in [-0.3, -0.25) is 0 Å². The van der Waals surface area contributed by atoms with Crippen LogP contribution in [0, 0.1) is 0 Å². The van der Waals surface area contributed by atoms with Crippen LogP contribution in [0.1, 0.15) is 13.3 Å². The van der Waals surface area contributed by atoms with Crippen molar-refractivity contribution >= 4 is 33.9 Å². The molecule has 2 heterocycles. The lowest BCUT2D eigenvalue weighted by atomic mass is 10.0. The van der Waals surface area contributed by atoms with Crippen molar-refractivity contribution in [2.75, 3.05) is 17.6 Å². The monoisotopic (exact) mass is 344 g/mol. The van der Waals surface area contributed by atoms with Gasteiger partial charge >= 0.3 is 0 Å². The Bertz CT molecular complexity index is 816. The molecule has 3 N–H and O–H groups in total. The fraction of sp³-hybridized carbons (Fsp3) is 0.176. The number of pyridine rings is 1. The van der Waals surface area contributed by atoms with Crippen LogP contribution in [0.5, 0.6) is 0 Å². The second-order valence-electron chi connectivity index (χ2n) is 5.09. The number of anilines is 2. The smallest absolute Gasteiger partial charge is 0.183 e. The Hall–Kier alpha value is -2.11. The van der Waals surface area contributed by atoms with Crippen molar-refractivity contribution in [3.63, 3.8) is 0 Å². The Balaban J connectivity index is 2.07. The number of hydrogen-bond donors (Lipinski definition) is 2. The van der Waals surface area contributed by atoms with E-state index in [0.29, 0.717) is 10.8 Å². The number of nitrogens with one attached hydrogen (secondary N) is 1. The number of benzene rings is 1. The second kappa shape index (κ2) is 6.98. The molecule has 0 aliphatic carbocycles. The standard InChI is InChI=1S/C17H17ClN4S/c1-2-7-20-17-22-10-15(23-17)12-8-16(19)21-9-13(12)11-5-3-4-6-14(11)18/h3-6,8-10H,2,7H2,1H3,(H2,19,21)(H,20,22). The van der Waals surface area contributed by atoms with E-state index in [2.05, 4.69) is 22.2 Å². The predicted octanol–water partition coefficient (Wildman–Crippen LogP) is 4.93. The van der Waals surface area contributed by atoms with Gasteiger partial charge in [-0.2, -0.15) is 0 Å². The number of halogens is 1. The van der Waals surface area contributed by atoms with Crippen LogP contribution < -0.4 is 11.1 Å². The van der Waals surface area contributed by atoms with Crippen LogP contribution in [0.2, 0.25) is 5.02 Å². The topological polar surface area (TPSA) is 63.8 Å². The maximum Gasteiger partial charge on any atom is 0.183 e. The van der Waals surface area contributed by atoms with Crippen molar-refractivity contribution in [1.82, 2.24) is 9.97 Å². The first-order chi connectivity index (χ1) is 11.2. The minimum absolute atomic E-state index is 0.479. The molecule has 0 aliphatic heterocycles. The summed E-state index contributed by atoms with van der Waals surface area (Å²) in [4.78, 5) is 9.69. The molecule has 6 heteroatoms. The number of nitrogen functional groups attached to an aromatic ring is 1. The van der Waals surface area contributed by atoms with Gasteiger partial charge in [0.15, 0.2) is 5.13 Å². The lowest BCUT2D eigenvalue weighted by molar-refractivity contribution is 0.976. The highest BCUT2D eigenvalue weighted by Gasteiger charge is 2.14. The number of hydrogen-bond acceptors (Lipinski definition) is 5. The Kier molecular flexibility index (Phi) is 4.79. The summed E-state index contributed by atoms with van der Waals surface area (Å²) >= 11 is 7.95. The van der Waals surface area contributed by atoms with Crippen molar-refractivity contribution in [2.45, 2.75) is 13.3 Å². The largest absolute Gasteiger partial charge is 0.384 e. The molecule has 0 radical (unpaired) electrons. The molecule has 2 aromatic heterocycles. The average Bonchev–Trinajstić information content (AvgIpc) is 3.02. The lowest BCUT2D eigenvalue weighted by Gasteiger charge is -2.10. The summed E-state index contributed by atoms with van der Waals surface area (Å²) < 4.78 is 0. The molecule has 0 amide bonds. The van der Waals surface area contributed by atoms with E-state index < -0.39 is 0 Å². The zero-order valence-electron chi connectivity index (χ0n) is 12.7. The van der Waals surface area contributed by atoms with E-state index in [0.717, 1.165) is 39.7 Å². The molecule has 118 valence electrons. The van der Waals surface area contributed by atoms with Gasteiger partial charge in [0, 0.05) is 40.7 Å². The van der Waals surface area contributed by atoms with Gasteiger partial charge in [-0.05, 0) is 18.6 Å². The van der Waals surface area contributed by atoms with Gasteiger partial charge in [-0.15, -0.1) is 0 Å². The van der Waals surface area contributed by atoms with Crippen LogP contribution >= 0.6 is 22.9 Å². The van der Waals surface area contributed by atoms with E-state index >= 15 is 0 Å². The van der Waals surface area contributed by atoms with Gasteiger partial charge in [-0.1, -0.05) is 48.1 Å². The average molecular weight is 345 g/mol. The molecule has 0 bridgehead atoms. The Labute approximate surface area is 144 Å². The second-order valence-corrected chi connectivity index (χ2v) is 6.53. The van der Waals surface area contributed by atoms with Crippen LogP contribution in [0.15, 0.2) is 42.7 Å².